The summed E-state index contributed by atoms with van der Waals surface area (Å²) < 4.78 is 5.44. The Hall–Kier alpha value is -2.57. The maximum Gasteiger partial charge on any atom is 0.408 e. The lowest BCUT2D eigenvalue weighted by Crippen LogP contribution is -2.55. The van der Waals surface area contributed by atoms with Crippen LogP contribution in [0.2, 0.25) is 0 Å². The van der Waals surface area contributed by atoms with Gasteiger partial charge < -0.3 is 20.3 Å². The van der Waals surface area contributed by atoms with Crippen molar-refractivity contribution in [3.8, 4) is 0 Å². The van der Waals surface area contributed by atoms with Crippen LogP contribution in [0.1, 0.15) is 90.8 Å². The predicted molar refractivity (Wildman–Crippen MR) is 134 cm³/mol. The van der Waals surface area contributed by atoms with Crippen molar-refractivity contribution < 1.29 is 19.1 Å². The number of nitrogens with zero attached hydrogens (tertiary/aromatic N) is 1. The second-order valence-corrected chi connectivity index (χ2v) is 10.4. The molecule has 3 amide bonds. The average Bonchev–Trinajstić information content (AvgIpc) is 3.58. The number of rotatable bonds is 11. The van der Waals surface area contributed by atoms with Gasteiger partial charge in [0.1, 0.15) is 17.7 Å². The van der Waals surface area contributed by atoms with E-state index in [1.807, 2.05) is 45.0 Å². The fraction of sp³-hybridized carbons (Fsp3) is 0.667. The number of nitrogens with one attached hydrogen (secondary N) is 2. The van der Waals surface area contributed by atoms with Crippen LogP contribution in [0, 0.1) is 12.8 Å². The lowest BCUT2D eigenvalue weighted by atomic mass is 9.95. The SMILES string of the molecule is CCCCNC(=O)C(c1cccc(C)c1)N(C(=O)C(NC(=O)OC(C)(C)C)C(C)CC)C1CC1. The fourth-order valence-corrected chi connectivity index (χ4v) is 3.91. The van der Waals surface area contributed by atoms with E-state index in [1.54, 1.807) is 25.7 Å². The van der Waals surface area contributed by atoms with Crippen LogP contribution in [0.4, 0.5) is 4.79 Å². The smallest absolute Gasteiger partial charge is 0.408 e. The summed E-state index contributed by atoms with van der Waals surface area (Å²) >= 11 is 0. The van der Waals surface area contributed by atoms with Crippen molar-refractivity contribution >= 4 is 17.9 Å². The highest BCUT2D eigenvalue weighted by Gasteiger charge is 2.45. The Labute approximate surface area is 205 Å². The van der Waals surface area contributed by atoms with Gasteiger partial charge in [-0.15, -0.1) is 0 Å². The Morgan fingerprint density at radius 2 is 1.85 bits per heavy atom. The highest BCUT2D eigenvalue weighted by atomic mass is 16.6. The Morgan fingerprint density at radius 1 is 1.18 bits per heavy atom. The van der Waals surface area contributed by atoms with Crippen LogP contribution < -0.4 is 10.6 Å². The Morgan fingerprint density at radius 3 is 2.38 bits per heavy atom. The maximum absolute atomic E-state index is 14.0. The van der Waals surface area contributed by atoms with Crippen LogP contribution in [-0.4, -0.2) is 47.0 Å². The zero-order chi connectivity index (χ0) is 25.5. The summed E-state index contributed by atoms with van der Waals surface area (Å²) in [6.07, 6.45) is 3.60. The molecule has 1 aliphatic carbocycles. The quantitative estimate of drug-likeness (QED) is 0.448. The fourth-order valence-electron chi connectivity index (χ4n) is 3.91. The van der Waals surface area contributed by atoms with E-state index in [9.17, 15) is 14.4 Å². The molecule has 0 heterocycles. The molecule has 2 N–H and O–H groups in total. The summed E-state index contributed by atoms with van der Waals surface area (Å²) in [5, 5.41) is 5.84. The van der Waals surface area contributed by atoms with Crippen molar-refractivity contribution in [2.24, 2.45) is 5.92 Å². The van der Waals surface area contributed by atoms with Crippen LogP contribution in [0.25, 0.3) is 0 Å². The Kier molecular flexibility index (Phi) is 9.95. The molecular formula is C27H43N3O4. The van der Waals surface area contributed by atoms with Crippen LogP contribution in [0.5, 0.6) is 0 Å². The number of hydrogen-bond acceptors (Lipinski definition) is 4. The first-order valence-corrected chi connectivity index (χ1v) is 12.6. The standard InChI is InChI=1S/C27H43N3O4/c1-8-10-16-28-24(31)23(20-13-11-12-18(3)17-20)30(21-14-15-21)25(32)22(19(4)9-2)29-26(33)34-27(5,6)7/h11-13,17,19,21-23H,8-10,14-16H2,1-7H3,(H,28,31)(H,29,33). The minimum atomic E-state index is -0.781. The predicted octanol–water partition coefficient (Wildman–Crippen LogP) is 4.88. The number of aryl methyl sites for hydroxylation is 1. The molecule has 1 aromatic carbocycles. The van der Waals surface area contributed by atoms with Crippen molar-refractivity contribution in [2.45, 2.75) is 104 Å². The molecule has 3 unspecified atom stereocenters. The number of carbonyl (C=O) groups excluding carboxylic acids is 3. The molecule has 7 nitrogen and oxygen atoms in total. The molecule has 1 fully saturated rings. The van der Waals surface area contributed by atoms with E-state index in [4.69, 9.17) is 4.74 Å². The lowest BCUT2D eigenvalue weighted by Gasteiger charge is -2.36. The first kappa shape index (κ1) is 27.7. The van der Waals surface area contributed by atoms with Gasteiger partial charge in [0.25, 0.3) is 0 Å². The molecule has 0 aliphatic heterocycles. The zero-order valence-corrected chi connectivity index (χ0v) is 21.9. The monoisotopic (exact) mass is 473 g/mol. The summed E-state index contributed by atoms with van der Waals surface area (Å²) in [7, 11) is 0. The number of carbonyl (C=O) groups is 3. The van der Waals surface area contributed by atoms with Gasteiger partial charge in [0.15, 0.2) is 0 Å². The first-order chi connectivity index (χ1) is 16.0. The molecule has 0 radical (unpaired) electrons. The molecule has 7 heteroatoms. The molecule has 1 saturated carbocycles. The third-order valence-corrected chi connectivity index (χ3v) is 6.06. The minimum absolute atomic E-state index is 0.0260. The number of ether oxygens (including phenoxy) is 1. The van der Waals surface area contributed by atoms with E-state index >= 15 is 0 Å². The molecule has 2 rings (SSSR count). The van der Waals surface area contributed by atoms with Crippen molar-refractivity contribution in [2.75, 3.05) is 6.54 Å². The lowest BCUT2D eigenvalue weighted by molar-refractivity contribution is -0.144. The number of benzene rings is 1. The van der Waals surface area contributed by atoms with Gasteiger partial charge in [-0.2, -0.15) is 0 Å². The molecule has 0 bridgehead atoms. The molecule has 0 aromatic heterocycles. The number of hydrogen-bond donors (Lipinski definition) is 2. The molecule has 34 heavy (non-hydrogen) atoms. The maximum atomic E-state index is 14.0. The molecule has 1 aromatic rings. The summed E-state index contributed by atoms with van der Waals surface area (Å²) in [5.41, 5.74) is 1.14. The van der Waals surface area contributed by atoms with E-state index in [-0.39, 0.29) is 23.8 Å². The third kappa shape index (κ3) is 8.03. The summed E-state index contributed by atoms with van der Waals surface area (Å²) in [4.78, 5) is 41.8. The third-order valence-electron chi connectivity index (χ3n) is 6.06. The van der Waals surface area contributed by atoms with Gasteiger partial charge >= 0.3 is 6.09 Å². The van der Waals surface area contributed by atoms with Crippen LogP contribution in [-0.2, 0) is 14.3 Å². The van der Waals surface area contributed by atoms with Crippen LogP contribution in [0.3, 0.4) is 0 Å². The highest BCUT2D eigenvalue weighted by Crippen LogP contribution is 2.36. The largest absolute Gasteiger partial charge is 0.444 e. The summed E-state index contributed by atoms with van der Waals surface area (Å²) in [6, 6.07) is 6.20. The van der Waals surface area contributed by atoms with Crippen molar-refractivity contribution in [1.82, 2.24) is 15.5 Å². The highest BCUT2D eigenvalue weighted by molar-refractivity contribution is 5.92. The second-order valence-electron chi connectivity index (χ2n) is 10.4. The van der Waals surface area contributed by atoms with Gasteiger partial charge in [-0.3, -0.25) is 9.59 Å². The number of unbranched alkanes of at least 4 members (excludes halogenated alkanes) is 1. The van der Waals surface area contributed by atoms with Gasteiger partial charge in [0.2, 0.25) is 11.8 Å². The molecule has 3 atom stereocenters. The van der Waals surface area contributed by atoms with Crippen LogP contribution >= 0.6 is 0 Å². The van der Waals surface area contributed by atoms with Gasteiger partial charge in [-0.1, -0.05) is 63.4 Å². The van der Waals surface area contributed by atoms with Gasteiger partial charge in [0.05, 0.1) is 0 Å². The summed E-state index contributed by atoms with van der Waals surface area (Å²) in [6.45, 7) is 13.9. The molecule has 0 saturated heterocycles. The average molecular weight is 474 g/mol. The normalized spacial score (nSPS) is 16.2. The molecule has 0 spiro atoms. The van der Waals surface area contributed by atoms with Gasteiger partial charge in [-0.25, -0.2) is 4.79 Å². The number of amides is 3. The molecule has 1 aliphatic rings. The Bertz CT molecular complexity index is 845. The van der Waals surface area contributed by atoms with E-state index in [0.29, 0.717) is 13.0 Å². The minimum Gasteiger partial charge on any atom is -0.444 e. The molecular weight excluding hydrogens is 430 g/mol. The summed E-state index contributed by atoms with van der Waals surface area (Å²) in [5.74, 6) is -0.540. The van der Waals surface area contributed by atoms with E-state index in [0.717, 1.165) is 36.8 Å². The van der Waals surface area contributed by atoms with E-state index in [1.165, 1.54) is 0 Å². The van der Waals surface area contributed by atoms with Crippen molar-refractivity contribution in [3.05, 3.63) is 35.4 Å². The van der Waals surface area contributed by atoms with E-state index in [2.05, 4.69) is 17.6 Å². The van der Waals surface area contributed by atoms with Crippen molar-refractivity contribution in [3.63, 3.8) is 0 Å². The second kappa shape index (κ2) is 12.2. The van der Waals surface area contributed by atoms with Gasteiger partial charge in [-0.05, 0) is 58.4 Å². The topological polar surface area (TPSA) is 87.7 Å². The van der Waals surface area contributed by atoms with E-state index < -0.39 is 23.8 Å². The van der Waals surface area contributed by atoms with Gasteiger partial charge in [0, 0.05) is 12.6 Å². The Balaban J connectivity index is 2.42. The van der Waals surface area contributed by atoms with Crippen molar-refractivity contribution in [1.29, 1.82) is 0 Å². The molecule has 190 valence electrons. The van der Waals surface area contributed by atoms with Crippen LogP contribution in [0.15, 0.2) is 24.3 Å². The first-order valence-electron chi connectivity index (χ1n) is 12.6. The zero-order valence-electron chi connectivity index (χ0n) is 21.9. The number of alkyl carbamates (subject to hydrolysis) is 1.